The molecule has 0 aliphatic heterocycles. The van der Waals surface area contributed by atoms with E-state index in [0.717, 1.165) is 54.3 Å². The van der Waals surface area contributed by atoms with Gasteiger partial charge < -0.3 is 11.5 Å². The van der Waals surface area contributed by atoms with E-state index in [-0.39, 0.29) is 6.04 Å². The topological polar surface area (TPSA) is 52.0 Å². The monoisotopic (exact) mass is 500 g/mol. The van der Waals surface area contributed by atoms with Crippen molar-refractivity contribution in [1.82, 2.24) is 0 Å². The Morgan fingerprint density at radius 1 is 0.811 bits per heavy atom. The van der Waals surface area contributed by atoms with E-state index in [0.29, 0.717) is 5.92 Å². The van der Waals surface area contributed by atoms with Gasteiger partial charge in [0.05, 0.1) is 0 Å². The summed E-state index contributed by atoms with van der Waals surface area (Å²) in [6, 6.07) is 0.204. The average molecular weight is 501 g/mol. The van der Waals surface area contributed by atoms with Crippen LogP contribution >= 0.6 is 0 Å². The van der Waals surface area contributed by atoms with Crippen LogP contribution in [0.25, 0.3) is 0 Å². The van der Waals surface area contributed by atoms with Crippen LogP contribution in [0.5, 0.6) is 0 Å². The smallest absolute Gasteiger partial charge is 0.0291 e. The van der Waals surface area contributed by atoms with Crippen molar-refractivity contribution in [1.29, 1.82) is 0 Å². The molecule has 2 heteroatoms. The lowest BCUT2D eigenvalue weighted by Gasteiger charge is -2.49. The van der Waals surface area contributed by atoms with Crippen molar-refractivity contribution < 1.29 is 0 Å². The largest absolute Gasteiger partial charge is 0.405 e. The number of allylic oxidation sites excluding steroid dienone is 9. The van der Waals surface area contributed by atoms with Gasteiger partial charge in [-0.25, -0.2) is 0 Å². The zero-order valence-corrected chi connectivity index (χ0v) is 23.1. The Kier molecular flexibility index (Phi) is 9.64. The van der Waals surface area contributed by atoms with Crippen LogP contribution in [0.1, 0.15) is 89.9 Å². The molecule has 0 aromatic rings. The van der Waals surface area contributed by atoms with Crippen molar-refractivity contribution in [2.45, 2.75) is 95.9 Å². The van der Waals surface area contributed by atoms with E-state index in [1.807, 2.05) is 0 Å². The molecular formula is C35H52N2. The van der Waals surface area contributed by atoms with E-state index in [2.05, 4.69) is 60.8 Å². The molecule has 0 radical (unpaired) electrons. The van der Waals surface area contributed by atoms with Gasteiger partial charge in [0.25, 0.3) is 0 Å². The summed E-state index contributed by atoms with van der Waals surface area (Å²) >= 11 is 0. The Labute approximate surface area is 227 Å². The minimum absolute atomic E-state index is 0.204. The van der Waals surface area contributed by atoms with E-state index in [9.17, 15) is 0 Å². The molecule has 2 nitrogen and oxygen atoms in total. The van der Waals surface area contributed by atoms with Crippen molar-refractivity contribution >= 4 is 0 Å². The maximum atomic E-state index is 6.62. The van der Waals surface area contributed by atoms with Crippen molar-refractivity contribution in [3.8, 4) is 0 Å². The van der Waals surface area contributed by atoms with E-state index in [1.165, 1.54) is 82.6 Å². The molecule has 0 aromatic heterocycles. The Balaban J connectivity index is 1.13. The molecule has 5 aliphatic carbocycles. The summed E-state index contributed by atoms with van der Waals surface area (Å²) in [6.45, 7) is 0. The van der Waals surface area contributed by atoms with Gasteiger partial charge in [0, 0.05) is 6.04 Å². The molecule has 0 heterocycles. The van der Waals surface area contributed by atoms with E-state index < -0.39 is 0 Å². The van der Waals surface area contributed by atoms with Gasteiger partial charge in [0.15, 0.2) is 0 Å². The second-order valence-corrected chi connectivity index (χ2v) is 12.8. The predicted octanol–water partition coefficient (Wildman–Crippen LogP) is 8.40. The highest BCUT2D eigenvalue weighted by Crippen LogP contribution is 2.53. The Bertz CT molecular complexity index is 904. The molecule has 9 atom stereocenters. The second-order valence-electron chi connectivity index (χ2n) is 12.8. The molecule has 5 aliphatic rings. The summed E-state index contributed by atoms with van der Waals surface area (Å²) in [5.41, 5.74) is 13.4. The number of hydrogen-bond acceptors (Lipinski definition) is 2. The highest BCUT2D eigenvalue weighted by molar-refractivity contribution is 5.29. The summed E-state index contributed by atoms with van der Waals surface area (Å²) in [7, 11) is 0. The number of fused-ring (bicyclic) bond motifs is 2. The van der Waals surface area contributed by atoms with Crippen LogP contribution in [-0.2, 0) is 0 Å². The van der Waals surface area contributed by atoms with Crippen LogP contribution in [-0.4, -0.2) is 6.04 Å². The number of rotatable bonds is 10. The fourth-order valence-corrected chi connectivity index (χ4v) is 8.57. The lowest BCUT2D eigenvalue weighted by atomic mass is 9.55. The normalized spacial score (nSPS) is 37.8. The van der Waals surface area contributed by atoms with Gasteiger partial charge in [-0.15, -0.1) is 0 Å². The minimum Gasteiger partial charge on any atom is -0.405 e. The molecule has 0 bridgehead atoms. The van der Waals surface area contributed by atoms with Gasteiger partial charge >= 0.3 is 0 Å². The molecular weight excluding hydrogens is 448 g/mol. The lowest BCUT2D eigenvalue weighted by molar-refractivity contribution is 0.0504. The zero-order chi connectivity index (χ0) is 25.5. The van der Waals surface area contributed by atoms with Crippen LogP contribution in [0, 0.1) is 47.3 Å². The third kappa shape index (κ3) is 6.62. The van der Waals surface area contributed by atoms with Gasteiger partial charge in [-0.05, 0) is 130 Å². The first kappa shape index (κ1) is 26.8. The van der Waals surface area contributed by atoms with Crippen LogP contribution in [0.15, 0.2) is 72.5 Å². The highest BCUT2D eigenvalue weighted by atomic mass is 14.6. The van der Waals surface area contributed by atoms with Gasteiger partial charge in [0.1, 0.15) is 0 Å². The third-order valence-electron chi connectivity index (χ3n) is 10.6. The SMILES string of the molecule is N/C=C\CCCCCCC(N)C1=CCC(C2CCC(C3C=CC4C=CCCC4C3)C3CCC=CC23)C=C1. The summed E-state index contributed by atoms with van der Waals surface area (Å²) in [5, 5.41) is 0. The molecule has 0 spiro atoms. The predicted molar refractivity (Wildman–Crippen MR) is 159 cm³/mol. The van der Waals surface area contributed by atoms with Gasteiger partial charge in [-0.2, -0.15) is 0 Å². The molecule has 0 saturated heterocycles. The summed E-state index contributed by atoms with van der Waals surface area (Å²) < 4.78 is 0. The van der Waals surface area contributed by atoms with E-state index >= 15 is 0 Å². The molecule has 0 amide bonds. The van der Waals surface area contributed by atoms with Crippen LogP contribution in [0.4, 0.5) is 0 Å². The molecule has 9 unspecified atom stereocenters. The van der Waals surface area contributed by atoms with Crippen LogP contribution in [0.2, 0.25) is 0 Å². The molecule has 5 rings (SSSR count). The first-order valence-corrected chi connectivity index (χ1v) is 15.8. The quantitative estimate of drug-likeness (QED) is 0.234. The van der Waals surface area contributed by atoms with Crippen molar-refractivity contribution in [3.05, 3.63) is 72.5 Å². The van der Waals surface area contributed by atoms with Gasteiger partial charge in [-0.1, -0.05) is 80.0 Å². The standard InChI is InChI=1S/C35H52N2/c36-24-10-4-2-1-3-5-15-35(37)28-19-17-27(18-20-28)31-22-23-32(34-14-9-8-13-33(31)34)30-21-16-26-11-6-7-12-29(26)25-30/h6,8,10-11,13,16-17,19-21,24,26-27,29-35H,1-5,7,9,12,14-15,18,22-23,25,36-37H2/b24-10-. The zero-order valence-electron chi connectivity index (χ0n) is 23.1. The first-order valence-electron chi connectivity index (χ1n) is 15.8. The van der Waals surface area contributed by atoms with Crippen LogP contribution < -0.4 is 11.5 Å². The molecule has 1 saturated carbocycles. The maximum absolute atomic E-state index is 6.62. The van der Waals surface area contributed by atoms with Gasteiger partial charge in [-0.3, -0.25) is 0 Å². The number of unbranched alkanes of at least 4 members (excludes halogenated alkanes) is 4. The summed E-state index contributed by atoms with van der Waals surface area (Å²) in [5.74, 6) is 6.50. The summed E-state index contributed by atoms with van der Waals surface area (Å²) in [6.07, 6.45) is 44.5. The Hall–Kier alpha value is -1.80. The highest BCUT2D eigenvalue weighted by Gasteiger charge is 2.44. The number of nitrogens with two attached hydrogens (primary N) is 2. The second kappa shape index (κ2) is 13.3. The van der Waals surface area contributed by atoms with Crippen LogP contribution in [0.3, 0.4) is 0 Å². The summed E-state index contributed by atoms with van der Waals surface area (Å²) in [4.78, 5) is 0. The van der Waals surface area contributed by atoms with Crippen molar-refractivity contribution in [2.75, 3.05) is 0 Å². The molecule has 37 heavy (non-hydrogen) atoms. The van der Waals surface area contributed by atoms with Crippen molar-refractivity contribution in [3.63, 3.8) is 0 Å². The minimum atomic E-state index is 0.204. The average Bonchev–Trinajstić information content (AvgIpc) is 2.96. The molecule has 4 N–H and O–H groups in total. The van der Waals surface area contributed by atoms with Gasteiger partial charge in [0.2, 0.25) is 0 Å². The van der Waals surface area contributed by atoms with Crippen molar-refractivity contribution in [2.24, 2.45) is 58.8 Å². The fraction of sp³-hybridized carbons (Fsp3) is 0.657. The maximum Gasteiger partial charge on any atom is 0.0291 e. The lowest BCUT2D eigenvalue weighted by Crippen LogP contribution is -2.42. The molecule has 202 valence electrons. The molecule has 1 fully saturated rings. The first-order chi connectivity index (χ1) is 18.2. The molecule has 0 aromatic carbocycles. The van der Waals surface area contributed by atoms with E-state index in [1.54, 1.807) is 6.20 Å². The third-order valence-corrected chi connectivity index (χ3v) is 10.6. The Morgan fingerprint density at radius 2 is 1.65 bits per heavy atom. The number of hydrogen-bond donors (Lipinski definition) is 2. The Morgan fingerprint density at radius 3 is 2.51 bits per heavy atom. The van der Waals surface area contributed by atoms with E-state index in [4.69, 9.17) is 11.5 Å². The fourth-order valence-electron chi connectivity index (χ4n) is 8.57.